The van der Waals surface area contributed by atoms with Crippen molar-refractivity contribution in [2.24, 2.45) is 0 Å². The lowest BCUT2D eigenvalue weighted by Crippen LogP contribution is -2.62. The third-order valence-electron chi connectivity index (χ3n) is 5.53. The zero-order valence-electron chi connectivity index (χ0n) is 16.6. The van der Waals surface area contributed by atoms with Crippen molar-refractivity contribution in [2.45, 2.75) is 37.6 Å². The van der Waals surface area contributed by atoms with Crippen LogP contribution in [0.4, 0.5) is 0 Å². The Morgan fingerprint density at radius 3 is 2.97 bits per heavy atom. The summed E-state index contributed by atoms with van der Waals surface area (Å²) in [5, 5.41) is 16.1. The molecule has 1 aromatic carbocycles. The Hall–Kier alpha value is -2.13. The molecule has 0 radical (unpaired) electrons. The summed E-state index contributed by atoms with van der Waals surface area (Å²) in [4.78, 5) is 15.7. The van der Waals surface area contributed by atoms with Crippen LogP contribution >= 0.6 is 11.3 Å². The first-order valence-electron chi connectivity index (χ1n) is 9.64. The molecule has 0 saturated carbocycles. The van der Waals surface area contributed by atoms with E-state index in [-0.39, 0.29) is 25.3 Å². The second-order valence-corrected chi connectivity index (χ2v) is 8.68. The third-order valence-corrected chi connectivity index (χ3v) is 6.48. The molecule has 2 aliphatic heterocycles. The van der Waals surface area contributed by atoms with Gasteiger partial charge in [0.2, 0.25) is 12.7 Å². The summed E-state index contributed by atoms with van der Waals surface area (Å²) in [5.74, 6) is 1.28. The van der Waals surface area contributed by atoms with Gasteiger partial charge in [-0.3, -0.25) is 9.69 Å². The number of piperidine rings is 1. The molecule has 0 bridgehead atoms. The van der Waals surface area contributed by atoms with Crippen molar-refractivity contribution in [3.05, 3.63) is 46.2 Å². The van der Waals surface area contributed by atoms with Crippen LogP contribution in [0.15, 0.2) is 35.7 Å². The number of amides is 1. The molecule has 3 heterocycles. The van der Waals surface area contributed by atoms with Gasteiger partial charge in [-0.25, -0.2) is 0 Å². The number of hydrogen-bond acceptors (Lipinski definition) is 7. The highest BCUT2D eigenvalue weighted by Gasteiger charge is 2.46. The molecule has 1 fully saturated rings. The number of likely N-dealkylation sites (tertiary alicyclic amines) is 1. The summed E-state index contributed by atoms with van der Waals surface area (Å²) in [6.45, 7) is 3.39. The van der Waals surface area contributed by atoms with Gasteiger partial charge in [0.05, 0.1) is 17.7 Å². The minimum absolute atomic E-state index is 0.0358. The van der Waals surface area contributed by atoms with Gasteiger partial charge in [-0.15, -0.1) is 11.3 Å². The standard InChI is InChI=1S/C21H26N2O5S/c1-21(25)7-8-23(11-14-5-6-15-16(10-14)28-13-27-15)19(17-4-3-9-29-17)20(21)22-18(24)12-26-2/h3-6,9-10,19-20,25H,7-8,11-13H2,1-2H3,(H,22,24). The lowest BCUT2D eigenvalue weighted by molar-refractivity contribution is -0.132. The van der Waals surface area contributed by atoms with Crippen LogP contribution in [-0.4, -0.2) is 54.6 Å². The molecular weight excluding hydrogens is 392 g/mol. The number of thiophene rings is 1. The third kappa shape index (κ3) is 4.25. The number of benzene rings is 1. The first-order chi connectivity index (χ1) is 14.0. The number of nitrogens with one attached hydrogen (secondary N) is 1. The van der Waals surface area contributed by atoms with E-state index in [0.717, 1.165) is 21.9 Å². The van der Waals surface area contributed by atoms with E-state index in [0.29, 0.717) is 19.5 Å². The Morgan fingerprint density at radius 1 is 1.38 bits per heavy atom. The van der Waals surface area contributed by atoms with Gasteiger partial charge >= 0.3 is 0 Å². The largest absolute Gasteiger partial charge is 0.454 e. The quantitative estimate of drug-likeness (QED) is 0.749. The average molecular weight is 419 g/mol. The molecule has 1 aromatic heterocycles. The van der Waals surface area contributed by atoms with E-state index >= 15 is 0 Å². The van der Waals surface area contributed by atoms with E-state index in [4.69, 9.17) is 14.2 Å². The van der Waals surface area contributed by atoms with Crippen LogP contribution in [0.5, 0.6) is 11.5 Å². The van der Waals surface area contributed by atoms with Crippen LogP contribution in [0.1, 0.15) is 29.8 Å². The monoisotopic (exact) mass is 418 g/mol. The van der Waals surface area contributed by atoms with E-state index in [1.165, 1.54) is 7.11 Å². The number of carbonyl (C=O) groups is 1. The fourth-order valence-corrected chi connectivity index (χ4v) is 4.95. The first-order valence-corrected chi connectivity index (χ1v) is 10.5. The maximum absolute atomic E-state index is 12.3. The van der Waals surface area contributed by atoms with Gasteiger partial charge in [0.25, 0.3) is 0 Å². The molecule has 2 aliphatic rings. The van der Waals surface area contributed by atoms with Gasteiger partial charge in [0.1, 0.15) is 6.61 Å². The molecule has 2 N–H and O–H groups in total. The van der Waals surface area contributed by atoms with Crippen LogP contribution in [0.25, 0.3) is 0 Å². The van der Waals surface area contributed by atoms with E-state index < -0.39 is 11.6 Å². The molecule has 4 rings (SSSR count). The minimum atomic E-state index is -1.02. The second-order valence-electron chi connectivity index (χ2n) is 7.70. The summed E-state index contributed by atoms with van der Waals surface area (Å²) < 4.78 is 15.9. The summed E-state index contributed by atoms with van der Waals surface area (Å²) in [6, 6.07) is 9.41. The van der Waals surface area contributed by atoms with Gasteiger partial charge in [0.15, 0.2) is 11.5 Å². The van der Waals surface area contributed by atoms with Crippen molar-refractivity contribution in [3.63, 3.8) is 0 Å². The van der Waals surface area contributed by atoms with Crippen LogP contribution in [-0.2, 0) is 16.1 Å². The highest BCUT2D eigenvalue weighted by molar-refractivity contribution is 7.10. The van der Waals surface area contributed by atoms with Crippen molar-refractivity contribution in [1.29, 1.82) is 0 Å². The predicted molar refractivity (Wildman–Crippen MR) is 109 cm³/mol. The smallest absolute Gasteiger partial charge is 0.246 e. The van der Waals surface area contributed by atoms with Crippen LogP contribution in [0, 0.1) is 0 Å². The number of aliphatic hydroxyl groups is 1. The normalized spacial score (nSPS) is 26.4. The summed E-state index contributed by atoms with van der Waals surface area (Å²) in [6.07, 6.45) is 0.553. The second kappa shape index (κ2) is 8.31. The predicted octanol–water partition coefficient (Wildman–Crippen LogP) is 2.31. The van der Waals surface area contributed by atoms with Gasteiger partial charge in [-0.2, -0.15) is 0 Å². The summed E-state index contributed by atoms with van der Waals surface area (Å²) in [5.41, 5.74) is 0.0722. The number of methoxy groups -OCH3 is 1. The topological polar surface area (TPSA) is 80.3 Å². The minimum Gasteiger partial charge on any atom is -0.454 e. The highest BCUT2D eigenvalue weighted by atomic mass is 32.1. The Kier molecular flexibility index (Phi) is 5.78. The number of nitrogens with zero attached hydrogens (tertiary/aromatic N) is 1. The van der Waals surface area contributed by atoms with E-state index in [1.807, 2.05) is 29.6 Å². The summed E-state index contributed by atoms with van der Waals surface area (Å²) >= 11 is 1.63. The molecule has 3 unspecified atom stereocenters. The SMILES string of the molecule is COCC(=O)NC1C(c2cccs2)N(Cc2ccc3c(c2)OCO3)CCC1(C)O. The molecule has 156 valence electrons. The highest BCUT2D eigenvalue weighted by Crippen LogP contribution is 2.40. The van der Waals surface area contributed by atoms with E-state index in [9.17, 15) is 9.90 Å². The zero-order valence-corrected chi connectivity index (χ0v) is 17.4. The lowest BCUT2D eigenvalue weighted by Gasteiger charge is -2.48. The van der Waals surface area contributed by atoms with Gasteiger partial charge in [-0.05, 0) is 42.5 Å². The van der Waals surface area contributed by atoms with Gasteiger partial charge in [-0.1, -0.05) is 12.1 Å². The molecule has 0 spiro atoms. The van der Waals surface area contributed by atoms with Gasteiger partial charge < -0.3 is 24.6 Å². The van der Waals surface area contributed by atoms with Gasteiger partial charge in [0, 0.05) is 25.1 Å². The van der Waals surface area contributed by atoms with Crippen LogP contribution < -0.4 is 14.8 Å². The number of carbonyl (C=O) groups excluding carboxylic acids is 1. The fraction of sp³-hybridized carbons (Fsp3) is 0.476. The summed E-state index contributed by atoms with van der Waals surface area (Å²) in [7, 11) is 1.49. The Labute approximate surface area is 174 Å². The van der Waals surface area contributed by atoms with E-state index in [2.05, 4.69) is 16.3 Å². The molecule has 29 heavy (non-hydrogen) atoms. The van der Waals surface area contributed by atoms with Crippen LogP contribution in [0.3, 0.4) is 0 Å². The molecule has 0 aliphatic carbocycles. The Balaban J connectivity index is 1.62. The Bertz CT molecular complexity index is 855. The lowest BCUT2D eigenvalue weighted by atomic mass is 9.81. The maximum Gasteiger partial charge on any atom is 0.246 e. The molecule has 7 nitrogen and oxygen atoms in total. The maximum atomic E-state index is 12.3. The molecule has 1 amide bonds. The number of hydrogen-bond donors (Lipinski definition) is 2. The fourth-order valence-electron chi connectivity index (χ4n) is 4.05. The van der Waals surface area contributed by atoms with E-state index in [1.54, 1.807) is 18.3 Å². The Morgan fingerprint density at radius 2 is 2.21 bits per heavy atom. The van der Waals surface area contributed by atoms with Crippen molar-refractivity contribution >= 4 is 17.2 Å². The van der Waals surface area contributed by atoms with Crippen molar-refractivity contribution in [2.75, 3.05) is 27.1 Å². The number of rotatable bonds is 6. The molecule has 1 saturated heterocycles. The average Bonchev–Trinajstić information content (AvgIpc) is 3.36. The van der Waals surface area contributed by atoms with Crippen molar-refractivity contribution in [1.82, 2.24) is 10.2 Å². The zero-order chi connectivity index (χ0) is 20.4. The number of ether oxygens (including phenoxy) is 3. The molecular formula is C21H26N2O5S. The first kappa shape index (κ1) is 20.2. The van der Waals surface area contributed by atoms with Crippen LogP contribution in [0.2, 0.25) is 0 Å². The number of fused-ring (bicyclic) bond motifs is 1. The molecule has 3 atom stereocenters. The van der Waals surface area contributed by atoms with Crippen molar-refractivity contribution < 1.29 is 24.1 Å². The molecule has 8 heteroatoms. The molecule has 2 aromatic rings. The van der Waals surface area contributed by atoms with Crippen molar-refractivity contribution in [3.8, 4) is 11.5 Å².